The first-order valence-corrected chi connectivity index (χ1v) is 5.81. The quantitative estimate of drug-likeness (QED) is 0.808. The molecule has 3 nitrogen and oxygen atoms in total. The first kappa shape index (κ1) is 10.8. The van der Waals surface area contributed by atoms with Crippen molar-refractivity contribution >= 4 is 33.1 Å². The largest absolute Gasteiger partial charge is 0.322 e. The molecule has 0 saturated carbocycles. The van der Waals surface area contributed by atoms with Gasteiger partial charge in [0, 0.05) is 5.69 Å². The lowest BCUT2D eigenvalue weighted by Crippen LogP contribution is -2.07. The molecule has 0 aliphatic carbocycles. The maximum absolute atomic E-state index is 11.3. The lowest BCUT2D eigenvalue weighted by atomic mass is 10.3. The molecule has 0 unspecified atom stereocenters. The molecule has 4 heteroatoms. The molecule has 0 aliphatic rings. The zero-order valence-corrected chi connectivity index (χ0v) is 9.97. The number of aryl methyl sites for hydroxylation is 1. The first-order valence-electron chi connectivity index (χ1n) is 5.00. The Labute approximate surface area is 97.8 Å². The van der Waals surface area contributed by atoms with Gasteiger partial charge in [-0.3, -0.25) is 4.79 Å². The topological polar surface area (TPSA) is 42.0 Å². The van der Waals surface area contributed by atoms with Crippen molar-refractivity contribution in [3.05, 3.63) is 35.4 Å². The average molecular weight is 232 g/mol. The number of nitrogens with zero attached hydrogens (tertiary/aromatic N) is 1. The van der Waals surface area contributed by atoms with Crippen molar-refractivity contribution in [2.75, 3.05) is 5.32 Å². The van der Waals surface area contributed by atoms with Gasteiger partial charge < -0.3 is 5.32 Å². The number of carbonyl (C=O) groups is 1. The molecule has 0 spiro atoms. The highest BCUT2D eigenvalue weighted by atomic mass is 32.1. The van der Waals surface area contributed by atoms with Crippen molar-refractivity contribution in [2.24, 2.45) is 0 Å². The predicted molar refractivity (Wildman–Crippen MR) is 67.8 cm³/mol. The molecule has 0 aliphatic heterocycles. The van der Waals surface area contributed by atoms with Gasteiger partial charge in [-0.05, 0) is 38.1 Å². The van der Waals surface area contributed by atoms with Gasteiger partial charge in [0.15, 0.2) is 0 Å². The smallest absolute Gasteiger partial charge is 0.248 e. The van der Waals surface area contributed by atoms with Crippen molar-refractivity contribution in [2.45, 2.75) is 13.8 Å². The monoisotopic (exact) mass is 232 g/mol. The van der Waals surface area contributed by atoms with E-state index in [1.54, 1.807) is 17.4 Å². The number of fused-ring (bicyclic) bond motifs is 1. The fourth-order valence-electron chi connectivity index (χ4n) is 1.45. The highest BCUT2D eigenvalue weighted by Crippen LogP contribution is 2.24. The van der Waals surface area contributed by atoms with Crippen LogP contribution in [0.4, 0.5) is 5.69 Å². The highest BCUT2D eigenvalue weighted by molar-refractivity contribution is 7.18. The van der Waals surface area contributed by atoms with Crippen molar-refractivity contribution in [1.82, 2.24) is 4.98 Å². The lowest BCUT2D eigenvalue weighted by Gasteiger charge is -2.00. The summed E-state index contributed by atoms with van der Waals surface area (Å²) in [6, 6.07) is 5.73. The summed E-state index contributed by atoms with van der Waals surface area (Å²) < 4.78 is 1.09. The number of aromatic nitrogens is 1. The number of hydrogen-bond donors (Lipinski definition) is 1. The summed E-state index contributed by atoms with van der Waals surface area (Å²) in [4.78, 5) is 15.7. The van der Waals surface area contributed by atoms with Gasteiger partial charge in [0.05, 0.1) is 15.2 Å². The molecule has 0 bridgehead atoms. The van der Waals surface area contributed by atoms with E-state index in [-0.39, 0.29) is 5.91 Å². The summed E-state index contributed by atoms with van der Waals surface area (Å²) in [6.07, 6.45) is 3.22. The number of rotatable bonds is 2. The van der Waals surface area contributed by atoms with E-state index in [1.165, 1.54) is 6.08 Å². The molecule has 0 fully saturated rings. The molecule has 2 rings (SSSR count). The number of amides is 1. The Hall–Kier alpha value is -1.68. The zero-order valence-electron chi connectivity index (χ0n) is 9.15. The second kappa shape index (κ2) is 4.45. The van der Waals surface area contributed by atoms with Crippen LogP contribution in [0.2, 0.25) is 0 Å². The summed E-state index contributed by atoms with van der Waals surface area (Å²) in [5.74, 6) is -0.108. The van der Waals surface area contributed by atoms with E-state index in [9.17, 15) is 4.79 Å². The SMILES string of the molecule is CC=CC(=O)Nc1ccc2nc(C)sc2c1. The van der Waals surface area contributed by atoms with Crippen LogP contribution in [0.15, 0.2) is 30.4 Å². The van der Waals surface area contributed by atoms with Gasteiger partial charge in [-0.25, -0.2) is 4.98 Å². The number of thiazole rings is 1. The zero-order chi connectivity index (χ0) is 11.5. The van der Waals surface area contributed by atoms with Crippen LogP contribution in [0.5, 0.6) is 0 Å². The Morgan fingerprint density at radius 3 is 3.06 bits per heavy atom. The standard InChI is InChI=1S/C12H12N2OS/c1-3-4-12(15)14-9-5-6-10-11(7-9)16-8(2)13-10/h3-7H,1-2H3,(H,14,15). The van der Waals surface area contributed by atoms with Gasteiger partial charge in [-0.2, -0.15) is 0 Å². The normalized spacial score (nSPS) is 11.1. The van der Waals surface area contributed by atoms with Crippen molar-refractivity contribution in [3.63, 3.8) is 0 Å². The fraction of sp³-hybridized carbons (Fsp3) is 0.167. The van der Waals surface area contributed by atoms with Crippen LogP contribution in [0, 0.1) is 6.92 Å². The second-order valence-corrected chi connectivity index (χ2v) is 4.64. The molecule has 1 aromatic heterocycles. The third-order valence-electron chi connectivity index (χ3n) is 2.08. The minimum absolute atomic E-state index is 0.108. The maximum atomic E-state index is 11.3. The molecule has 0 radical (unpaired) electrons. The number of hydrogen-bond acceptors (Lipinski definition) is 3. The maximum Gasteiger partial charge on any atom is 0.248 e. The number of allylic oxidation sites excluding steroid dienone is 1. The molecule has 16 heavy (non-hydrogen) atoms. The Morgan fingerprint density at radius 1 is 1.50 bits per heavy atom. The summed E-state index contributed by atoms with van der Waals surface area (Å²) in [5.41, 5.74) is 1.78. The number of benzene rings is 1. The Bertz CT molecular complexity index is 557. The summed E-state index contributed by atoms with van der Waals surface area (Å²) in [7, 11) is 0. The van der Waals surface area contributed by atoms with E-state index < -0.39 is 0 Å². The minimum atomic E-state index is -0.108. The van der Waals surface area contributed by atoms with Crippen LogP contribution in [0.3, 0.4) is 0 Å². The van der Waals surface area contributed by atoms with Crippen molar-refractivity contribution in [3.8, 4) is 0 Å². The molecule has 1 aromatic carbocycles. The predicted octanol–water partition coefficient (Wildman–Crippen LogP) is 3.12. The molecule has 0 saturated heterocycles. The van der Waals surface area contributed by atoms with Crippen LogP contribution < -0.4 is 5.32 Å². The summed E-state index contributed by atoms with van der Waals surface area (Å²) in [5, 5.41) is 3.83. The fourth-order valence-corrected chi connectivity index (χ4v) is 2.32. The number of nitrogens with one attached hydrogen (secondary N) is 1. The highest BCUT2D eigenvalue weighted by Gasteiger charge is 2.02. The summed E-state index contributed by atoms with van der Waals surface area (Å²) >= 11 is 1.63. The van der Waals surface area contributed by atoms with Gasteiger partial charge in [0.1, 0.15) is 0 Å². The van der Waals surface area contributed by atoms with E-state index in [0.717, 1.165) is 20.9 Å². The van der Waals surface area contributed by atoms with Gasteiger partial charge in [-0.15, -0.1) is 11.3 Å². The van der Waals surface area contributed by atoms with E-state index in [0.29, 0.717) is 0 Å². The third-order valence-corrected chi connectivity index (χ3v) is 3.01. The van der Waals surface area contributed by atoms with Crippen LogP contribution >= 0.6 is 11.3 Å². The van der Waals surface area contributed by atoms with E-state index >= 15 is 0 Å². The summed E-state index contributed by atoms with van der Waals surface area (Å²) in [6.45, 7) is 3.79. The Morgan fingerprint density at radius 2 is 2.31 bits per heavy atom. The minimum Gasteiger partial charge on any atom is -0.322 e. The van der Waals surface area contributed by atoms with Crippen molar-refractivity contribution < 1.29 is 4.79 Å². The van der Waals surface area contributed by atoms with Crippen molar-refractivity contribution in [1.29, 1.82) is 0 Å². The molecule has 0 atom stereocenters. The average Bonchev–Trinajstić information content (AvgIpc) is 2.57. The number of carbonyl (C=O) groups excluding carboxylic acids is 1. The van der Waals surface area contributed by atoms with Gasteiger partial charge in [0.25, 0.3) is 0 Å². The van der Waals surface area contributed by atoms with Crippen LogP contribution in [-0.2, 0) is 4.79 Å². The molecule has 1 amide bonds. The second-order valence-electron chi connectivity index (χ2n) is 3.40. The van der Waals surface area contributed by atoms with Gasteiger partial charge in [0.2, 0.25) is 5.91 Å². The molecular formula is C12H12N2OS. The number of anilines is 1. The Balaban J connectivity index is 2.28. The van der Waals surface area contributed by atoms with E-state index in [4.69, 9.17) is 0 Å². The van der Waals surface area contributed by atoms with E-state index in [1.807, 2.05) is 32.0 Å². The molecule has 82 valence electrons. The van der Waals surface area contributed by atoms with Crippen LogP contribution in [0.1, 0.15) is 11.9 Å². The third kappa shape index (κ3) is 2.28. The first-order chi connectivity index (χ1) is 7.69. The van der Waals surface area contributed by atoms with Gasteiger partial charge >= 0.3 is 0 Å². The molecular weight excluding hydrogens is 220 g/mol. The van der Waals surface area contributed by atoms with Crippen LogP contribution in [-0.4, -0.2) is 10.9 Å². The van der Waals surface area contributed by atoms with Gasteiger partial charge in [-0.1, -0.05) is 6.08 Å². The lowest BCUT2D eigenvalue weighted by molar-refractivity contribution is -0.111. The van der Waals surface area contributed by atoms with E-state index in [2.05, 4.69) is 10.3 Å². The molecule has 1 N–H and O–H groups in total. The van der Waals surface area contributed by atoms with Crippen LogP contribution in [0.25, 0.3) is 10.2 Å². The molecule has 2 aromatic rings. The Kier molecular flexibility index (Phi) is 3.01. The molecule has 1 heterocycles.